The van der Waals surface area contributed by atoms with E-state index < -0.39 is 10.0 Å². The molecule has 1 atom stereocenters. The highest BCUT2D eigenvalue weighted by Gasteiger charge is 2.16. The summed E-state index contributed by atoms with van der Waals surface area (Å²) in [5.41, 5.74) is 0. The lowest BCUT2D eigenvalue weighted by atomic mass is 10.4. The van der Waals surface area contributed by atoms with Crippen LogP contribution in [0, 0.1) is 0 Å². The van der Waals surface area contributed by atoms with E-state index >= 15 is 0 Å². The molecule has 0 aliphatic heterocycles. The summed E-state index contributed by atoms with van der Waals surface area (Å²) in [6.07, 6.45) is 1.11. The Morgan fingerprint density at radius 2 is 2.00 bits per heavy atom. The SMILES string of the molecule is C[C@H](CO)N(C)S(C)(=O)=O. The maximum atomic E-state index is 10.7. The lowest BCUT2D eigenvalue weighted by Crippen LogP contribution is -2.36. The van der Waals surface area contributed by atoms with E-state index in [0.717, 1.165) is 10.6 Å². The summed E-state index contributed by atoms with van der Waals surface area (Å²) in [5, 5.41) is 8.56. The molecule has 0 bridgehead atoms. The molecule has 0 radical (unpaired) electrons. The molecule has 0 aromatic heterocycles. The van der Waals surface area contributed by atoms with E-state index in [-0.39, 0.29) is 12.6 Å². The first-order valence-corrected chi connectivity index (χ1v) is 4.78. The lowest BCUT2D eigenvalue weighted by Gasteiger charge is -2.19. The van der Waals surface area contributed by atoms with Crippen molar-refractivity contribution in [2.24, 2.45) is 0 Å². The number of hydrogen-bond donors (Lipinski definition) is 1. The van der Waals surface area contributed by atoms with E-state index in [0.29, 0.717) is 0 Å². The second kappa shape index (κ2) is 3.32. The first kappa shape index (κ1) is 9.87. The van der Waals surface area contributed by atoms with Gasteiger partial charge in [0.25, 0.3) is 0 Å². The molecule has 62 valence electrons. The van der Waals surface area contributed by atoms with Gasteiger partial charge in [-0.3, -0.25) is 0 Å². The summed E-state index contributed by atoms with van der Waals surface area (Å²) in [6.45, 7) is 1.49. The van der Waals surface area contributed by atoms with Crippen LogP contribution in [0.4, 0.5) is 0 Å². The highest BCUT2D eigenvalue weighted by atomic mass is 32.2. The Morgan fingerprint density at radius 3 is 2.10 bits per heavy atom. The smallest absolute Gasteiger partial charge is 0.211 e. The molecule has 5 heteroatoms. The quantitative estimate of drug-likeness (QED) is 0.602. The van der Waals surface area contributed by atoms with E-state index in [1.54, 1.807) is 6.92 Å². The summed E-state index contributed by atoms with van der Waals surface area (Å²) in [7, 11) is -1.70. The van der Waals surface area contributed by atoms with E-state index in [9.17, 15) is 8.42 Å². The molecule has 0 amide bonds. The highest BCUT2D eigenvalue weighted by molar-refractivity contribution is 7.88. The Balaban J connectivity index is 4.23. The van der Waals surface area contributed by atoms with Crippen LogP contribution in [0.2, 0.25) is 0 Å². The van der Waals surface area contributed by atoms with Crippen LogP contribution in [0.3, 0.4) is 0 Å². The van der Waals surface area contributed by atoms with Gasteiger partial charge >= 0.3 is 0 Å². The molecule has 0 fully saturated rings. The Kier molecular flexibility index (Phi) is 3.27. The Bertz CT molecular complexity index is 187. The first-order chi connectivity index (χ1) is 4.39. The molecule has 1 N–H and O–H groups in total. The Morgan fingerprint density at radius 1 is 1.60 bits per heavy atom. The van der Waals surface area contributed by atoms with Gasteiger partial charge in [0.15, 0.2) is 0 Å². The number of sulfonamides is 1. The molecule has 0 heterocycles. The highest BCUT2D eigenvalue weighted by Crippen LogP contribution is 1.99. The Labute approximate surface area is 61.5 Å². The summed E-state index contributed by atoms with van der Waals surface area (Å²) in [4.78, 5) is 0. The topological polar surface area (TPSA) is 57.6 Å². The zero-order valence-electron chi connectivity index (χ0n) is 6.40. The average molecular weight is 167 g/mol. The summed E-state index contributed by atoms with van der Waals surface area (Å²) in [6, 6.07) is -0.338. The van der Waals surface area contributed by atoms with Crippen molar-refractivity contribution in [1.82, 2.24) is 4.31 Å². The van der Waals surface area contributed by atoms with Crippen LogP contribution in [0.1, 0.15) is 6.92 Å². The standard InChI is InChI=1S/C5H13NO3S/c1-5(4-7)6(2)10(3,8)9/h5,7H,4H2,1-3H3/t5-/m1/s1. The van der Waals surface area contributed by atoms with Gasteiger partial charge in [-0.25, -0.2) is 12.7 Å². The molecule has 0 aliphatic carbocycles. The van der Waals surface area contributed by atoms with E-state index in [2.05, 4.69) is 0 Å². The van der Waals surface area contributed by atoms with Crippen LogP contribution in [0.25, 0.3) is 0 Å². The van der Waals surface area contributed by atoms with Crippen molar-refractivity contribution in [2.75, 3.05) is 19.9 Å². The molecule has 0 aromatic carbocycles. The molecule has 0 aromatic rings. The second-order valence-electron chi connectivity index (χ2n) is 2.31. The Hall–Kier alpha value is -0.130. The van der Waals surface area contributed by atoms with Crippen molar-refractivity contribution in [3.63, 3.8) is 0 Å². The molecule has 0 saturated carbocycles. The van der Waals surface area contributed by atoms with Crippen molar-refractivity contribution < 1.29 is 13.5 Å². The van der Waals surface area contributed by atoms with Gasteiger partial charge in [-0.05, 0) is 6.92 Å². The second-order valence-corrected chi connectivity index (χ2v) is 4.35. The third kappa shape index (κ3) is 2.64. The van der Waals surface area contributed by atoms with Gasteiger partial charge in [0, 0.05) is 13.1 Å². The molecule has 4 nitrogen and oxygen atoms in total. The molecule has 0 aliphatic rings. The normalized spacial score (nSPS) is 15.7. The molecule has 0 spiro atoms. The number of rotatable bonds is 3. The zero-order valence-corrected chi connectivity index (χ0v) is 7.22. The monoisotopic (exact) mass is 167 g/mol. The minimum atomic E-state index is -3.14. The maximum absolute atomic E-state index is 10.7. The van der Waals surface area contributed by atoms with Gasteiger partial charge < -0.3 is 5.11 Å². The molecular formula is C5H13NO3S. The van der Waals surface area contributed by atoms with Gasteiger partial charge in [0.05, 0.1) is 12.9 Å². The first-order valence-electron chi connectivity index (χ1n) is 2.93. The zero-order chi connectivity index (χ0) is 8.36. The number of hydrogen-bond acceptors (Lipinski definition) is 3. The van der Waals surface area contributed by atoms with Crippen LogP contribution < -0.4 is 0 Å². The van der Waals surface area contributed by atoms with Crippen molar-refractivity contribution in [3.05, 3.63) is 0 Å². The molecular weight excluding hydrogens is 154 g/mol. The minimum absolute atomic E-state index is 0.149. The van der Waals surface area contributed by atoms with Crippen LogP contribution in [-0.4, -0.2) is 43.8 Å². The van der Waals surface area contributed by atoms with Gasteiger partial charge in [-0.15, -0.1) is 0 Å². The number of likely N-dealkylation sites (N-methyl/N-ethyl adjacent to an activating group) is 1. The van der Waals surface area contributed by atoms with Crippen LogP contribution in [0.5, 0.6) is 0 Å². The number of aliphatic hydroxyl groups is 1. The van der Waals surface area contributed by atoms with Gasteiger partial charge in [-0.2, -0.15) is 0 Å². The molecule has 10 heavy (non-hydrogen) atoms. The van der Waals surface area contributed by atoms with Crippen molar-refractivity contribution in [3.8, 4) is 0 Å². The maximum Gasteiger partial charge on any atom is 0.211 e. The summed E-state index contributed by atoms with van der Waals surface area (Å²) < 4.78 is 22.6. The predicted octanol–water partition coefficient (Wildman–Crippen LogP) is -0.741. The van der Waals surface area contributed by atoms with E-state index in [1.165, 1.54) is 7.05 Å². The predicted molar refractivity (Wildman–Crippen MR) is 39.2 cm³/mol. The van der Waals surface area contributed by atoms with Gasteiger partial charge in [-0.1, -0.05) is 0 Å². The molecule has 0 rings (SSSR count). The summed E-state index contributed by atoms with van der Waals surface area (Å²) in [5.74, 6) is 0. The van der Waals surface area contributed by atoms with E-state index in [4.69, 9.17) is 5.11 Å². The van der Waals surface area contributed by atoms with Crippen LogP contribution in [0.15, 0.2) is 0 Å². The lowest BCUT2D eigenvalue weighted by molar-refractivity contribution is 0.214. The fourth-order valence-electron chi connectivity index (χ4n) is 0.442. The van der Waals surface area contributed by atoms with Crippen molar-refractivity contribution in [1.29, 1.82) is 0 Å². The fraction of sp³-hybridized carbons (Fsp3) is 1.00. The number of aliphatic hydroxyl groups excluding tert-OH is 1. The van der Waals surface area contributed by atoms with Crippen LogP contribution in [-0.2, 0) is 10.0 Å². The average Bonchev–Trinajstić information content (AvgIpc) is 1.83. The largest absolute Gasteiger partial charge is 0.395 e. The van der Waals surface area contributed by atoms with E-state index in [1.807, 2.05) is 0 Å². The van der Waals surface area contributed by atoms with Gasteiger partial charge in [0.2, 0.25) is 10.0 Å². The minimum Gasteiger partial charge on any atom is -0.395 e. The van der Waals surface area contributed by atoms with Crippen LogP contribution >= 0.6 is 0 Å². The van der Waals surface area contributed by atoms with Crippen molar-refractivity contribution >= 4 is 10.0 Å². The third-order valence-corrected chi connectivity index (χ3v) is 2.81. The fourth-order valence-corrected chi connectivity index (χ4v) is 1.16. The number of nitrogens with zero attached hydrogens (tertiary/aromatic N) is 1. The summed E-state index contributed by atoms with van der Waals surface area (Å²) >= 11 is 0. The molecule has 0 unspecified atom stereocenters. The van der Waals surface area contributed by atoms with Gasteiger partial charge in [0.1, 0.15) is 0 Å². The molecule has 0 saturated heterocycles. The third-order valence-electron chi connectivity index (χ3n) is 1.41. The van der Waals surface area contributed by atoms with Crippen molar-refractivity contribution in [2.45, 2.75) is 13.0 Å².